The van der Waals surface area contributed by atoms with Crippen molar-refractivity contribution < 1.29 is 4.79 Å². The summed E-state index contributed by atoms with van der Waals surface area (Å²) in [6.07, 6.45) is 8.58. The average molecular weight is 473 g/mol. The number of H-pyrrole nitrogens is 1. The Hall–Kier alpha value is -3.36. The standard InChI is InChI=1S/C26H28N6OS/c1-27-26(33)22-6-2-3-7-25(22)34-20-9-10-21-23(29-30-24(21)18-20)11-8-19-12-13-28-32(19)17-16-31-14-4-5-15-31/h2-3,6-13,18H,4-5,14-17H2,1H3,(H,27,33)(H,29,30)/b11-8+. The first-order valence-corrected chi connectivity index (χ1v) is 12.4. The molecule has 2 aromatic carbocycles. The zero-order valence-electron chi connectivity index (χ0n) is 19.2. The van der Waals surface area contributed by atoms with Crippen LogP contribution < -0.4 is 5.32 Å². The SMILES string of the molecule is CNC(=O)c1ccccc1Sc1ccc2c(/C=C/c3ccnn3CCN3CCCC3)n[nH]c2c1. The Morgan fingerprint density at radius 3 is 2.82 bits per heavy atom. The second-order valence-corrected chi connectivity index (χ2v) is 9.47. The summed E-state index contributed by atoms with van der Waals surface area (Å²) in [5.74, 6) is -0.0854. The van der Waals surface area contributed by atoms with E-state index in [9.17, 15) is 4.79 Å². The molecule has 1 amide bonds. The van der Waals surface area contributed by atoms with Gasteiger partial charge in [-0.25, -0.2) is 0 Å². The van der Waals surface area contributed by atoms with E-state index in [1.54, 1.807) is 18.8 Å². The zero-order valence-corrected chi connectivity index (χ0v) is 20.0. The van der Waals surface area contributed by atoms with Crippen molar-refractivity contribution in [3.05, 3.63) is 71.7 Å². The summed E-state index contributed by atoms with van der Waals surface area (Å²) in [4.78, 5) is 16.6. The number of nitrogens with one attached hydrogen (secondary N) is 2. The Balaban J connectivity index is 1.31. The molecule has 1 fully saturated rings. The Bertz CT molecular complexity index is 1320. The number of likely N-dealkylation sites (tertiary alicyclic amines) is 1. The quantitative estimate of drug-likeness (QED) is 0.394. The van der Waals surface area contributed by atoms with Crippen LogP contribution in [0.2, 0.25) is 0 Å². The first-order valence-electron chi connectivity index (χ1n) is 11.6. The highest BCUT2D eigenvalue weighted by Gasteiger charge is 2.13. The van der Waals surface area contributed by atoms with E-state index in [4.69, 9.17) is 0 Å². The fourth-order valence-electron chi connectivity index (χ4n) is 4.29. The van der Waals surface area contributed by atoms with Crippen molar-refractivity contribution in [3.8, 4) is 0 Å². The highest BCUT2D eigenvalue weighted by molar-refractivity contribution is 7.99. The van der Waals surface area contributed by atoms with E-state index in [-0.39, 0.29) is 5.91 Å². The Morgan fingerprint density at radius 1 is 1.12 bits per heavy atom. The molecule has 0 unspecified atom stereocenters. The molecule has 5 rings (SSSR count). The number of rotatable bonds is 8. The minimum absolute atomic E-state index is 0.0854. The van der Waals surface area contributed by atoms with Crippen LogP contribution in [-0.4, -0.2) is 57.5 Å². The van der Waals surface area contributed by atoms with Gasteiger partial charge in [0.2, 0.25) is 0 Å². The molecule has 0 bridgehead atoms. The molecule has 7 nitrogen and oxygen atoms in total. The molecule has 8 heteroatoms. The Labute approximate surface area is 203 Å². The minimum Gasteiger partial charge on any atom is -0.355 e. The van der Waals surface area contributed by atoms with Crippen LogP contribution in [0.4, 0.5) is 0 Å². The number of nitrogens with zero attached hydrogens (tertiary/aromatic N) is 4. The maximum absolute atomic E-state index is 12.2. The molecule has 2 aromatic heterocycles. The molecule has 0 radical (unpaired) electrons. The van der Waals surface area contributed by atoms with Crippen LogP contribution in [-0.2, 0) is 6.54 Å². The maximum Gasteiger partial charge on any atom is 0.252 e. The predicted molar refractivity (Wildman–Crippen MR) is 137 cm³/mol. The minimum atomic E-state index is -0.0854. The molecule has 0 aliphatic carbocycles. The van der Waals surface area contributed by atoms with Crippen molar-refractivity contribution in [2.24, 2.45) is 0 Å². The van der Waals surface area contributed by atoms with Gasteiger partial charge in [0.1, 0.15) is 0 Å². The largest absolute Gasteiger partial charge is 0.355 e. The summed E-state index contributed by atoms with van der Waals surface area (Å²) in [5, 5.41) is 15.9. The second-order valence-electron chi connectivity index (χ2n) is 8.35. The molecule has 3 heterocycles. The molecular formula is C26H28N6OS. The van der Waals surface area contributed by atoms with Crippen LogP contribution in [0.3, 0.4) is 0 Å². The summed E-state index contributed by atoms with van der Waals surface area (Å²) in [5.41, 5.74) is 3.60. The van der Waals surface area contributed by atoms with Crippen molar-refractivity contribution in [1.82, 2.24) is 30.2 Å². The summed E-state index contributed by atoms with van der Waals surface area (Å²) >= 11 is 1.57. The molecule has 174 valence electrons. The molecule has 2 N–H and O–H groups in total. The van der Waals surface area contributed by atoms with Crippen LogP contribution in [0.25, 0.3) is 23.1 Å². The van der Waals surface area contributed by atoms with Crippen molar-refractivity contribution >= 4 is 40.7 Å². The molecule has 1 aliphatic heterocycles. The van der Waals surface area contributed by atoms with Crippen molar-refractivity contribution in [2.45, 2.75) is 29.2 Å². The zero-order chi connectivity index (χ0) is 23.3. The van der Waals surface area contributed by atoms with Crippen LogP contribution in [0, 0.1) is 0 Å². The summed E-state index contributed by atoms with van der Waals surface area (Å²) < 4.78 is 2.06. The molecule has 0 spiro atoms. The smallest absolute Gasteiger partial charge is 0.252 e. The molecule has 1 saturated heterocycles. The number of hydrogen-bond donors (Lipinski definition) is 2. The monoisotopic (exact) mass is 472 g/mol. The number of hydrogen-bond acceptors (Lipinski definition) is 5. The fraction of sp³-hybridized carbons (Fsp3) is 0.269. The summed E-state index contributed by atoms with van der Waals surface area (Å²) in [7, 11) is 1.65. The molecule has 1 aliphatic rings. The van der Waals surface area contributed by atoms with E-state index in [0.717, 1.165) is 45.2 Å². The lowest BCUT2D eigenvalue weighted by Gasteiger charge is -2.14. The van der Waals surface area contributed by atoms with Crippen LogP contribution in [0.5, 0.6) is 0 Å². The summed E-state index contributed by atoms with van der Waals surface area (Å²) in [6.45, 7) is 4.33. The Morgan fingerprint density at radius 2 is 1.97 bits per heavy atom. The third-order valence-corrected chi connectivity index (χ3v) is 7.20. The lowest BCUT2D eigenvalue weighted by Crippen LogP contribution is -2.24. The van der Waals surface area contributed by atoms with Gasteiger partial charge in [0.05, 0.1) is 29.0 Å². The van der Waals surface area contributed by atoms with Gasteiger partial charge in [-0.3, -0.25) is 14.6 Å². The number of carbonyl (C=O) groups excluding carboxylic acids is 1. The molecule has 0 saturated carbocycles. The molecule has 0 atom stereocenters. The Kier molecular flexibility index (Phi) is 6.78. The van der Waals surface area contributed by atoms with Gasteiger partial charge in [-0.15, -0.1) is 0 Å². The number of aromatic nitrogens is 4. The van der Waals surface area contributed by atoms with Gasteiger partial charge in [-0.1, -0.05) is 23.9 Å². The van der Waals surface area contributed by atoms with Gasteiger partial charge in [-0.2, -0.15) is 10.2 Å². The van der Waals surface area contributed by atoms with Gasteiger partial charge in [-0.05, 0) is 74.5 Å². The number of benzene rings is 2. The van der Waals surface area contributed by atoms with E-state index < -0.39 is 0 Å². The van der Waals surface area contributed by atoms with Crippen molar-refractivity contribution in [3.63, 3.8) is 0 Å². The van der Waals surface area contributed by atoms with Gasteiger partial charge < -0.3 is 10.2 Å². The van der Waals surface area contributed by atoms with Crippen LogP contribution in [0.1, 0.15) is 34.6 Å². The third kappa shape index (κ3) is 4.93. The lowest BCUT2D eigenvalue weighted by molar-refractivity contribution is 0.0960. The maximum atomic E-state index is 12.2. The average Bonchev–Trinajstić information content (AvgIpc) is 3.62. The first-order chi connectivity index (χ1) is 16.7. The first kappa shape index (κ1) is 22.4. The number of carbonyl (C=O) groups is 1. The second kappa shape index (κ2) is 10.3. The normalized spacial score (nSPS) is 14.4. The van der Waals surface area contributed by atoms with E-state index in [1.165, 1.54) is 25.9 Å². The third-order valence-electron chi connectivity index (χ3n) is 6.14. The topological polar surface area (TPSA) is 78.8 Å². The van der Waals surface area contributed by atoms with Gasteiger partial charge in [0.15, 0.2) is 0 Å². The molecular weight excluding hydrogens is 444 g/mol. The van der Waals surface area contributed by atoms with Crippen molar-refractivity contribution in [1.29, 1.82) is 0 Å². The number of amides is 1. The number of aromatic amines is 1. The highest BCUT2D eigenvalue weighted by Crippen LogP contribution is 2.32. The predicted octanol–water partition coefficient (Wildman–Crippen LogP) is 4.54. The molecule has 4 aromatic rings. The van der Waals surface area contributed by atoms with Gasteiger partial charge in [0, 0.05) is 35.0 Å². The van der Waals surface area contributed by atoms with E-state index >= 15 is 0 Å². The van der Waals surface area contributed by atoms with E-state index in [0.29, 0.717) is 5.56 Å². The number of fused-ring (bicyclic) bond motifs is 1. The van der Waals surface area contributed by atoms with E-state index in [2.05, 4.69) is 54.5 Å². The highest BCUT2D eigenvalue weighted by atomic mass is 32.2. The molecule has 34 heavy (non-hydrogen) atoms. The fourth-order valence-corrected chi connectivity index (χ4v) is 5.28. The van der Waals surface area contributed by atoms with Gasteiger partial charge in [0.25, 0.3) is 5.91 Å². The van der Waals surface area contributed by atoms with Crippen LogP contribution >= 0.6 is 11.8 Å². The van der Waals surface area contributed by atoms with Crippen LogP contribution in [0.15, 0.2) is 64.5 Å². The van der Waals surface area contributed by atoms with E-state index in [1.807, 2.05) is 42.6 Å². The summed E-state index contributed by atoms with van der Waals surface area (Å²) in [6, 6.07) is 15.9. The van der Waals surface area contributed by atoms with Gasteiger partial charge >= 0.3 is 0 Å². The van der Waals surface area contributed by atoms with Crippen molar-refractivity contribution in [2.75, 3.05) is 26.7 Å². The lowest BCUT2D eigenvalue weighted by atomic mass is 10.2.